The summed E-state index contributed by atoms with van der Waals surface area (Å²) in [6.07, 6.45) is 5.62. The number of rotatable bonds is 6. The molecule has 1 saturated heterocycles. The number of carbonyl (C=O) groups is 1. The van der Waals surface area contributed by atoms with Crippen LogP contribution in [0.5, 0.6) is 5.75 Å². The summed E-state index contributed by atoms with van der Waals surface area (Å²) in [6, 6.07) is 7.63. The van der Waals surface area contributed by atoms with Crippen molar-refractivity contribution in [1.82, 2.24) is 5.32 Å². The summed E-state index contributed by atoms with van der Waals surface area (Å²) < 4.78 is 5.68. The highest BCUT2D eigenvalue weighted by molar-refractivity contribution is 5.96. The van der Waals surface area contributed by atoms with Crippen LogP contribution in [-0.4, -0.2) is 25.0 Å². The number of benzene rings is 1. The summed E-state index contributed by atoms with van der Waals surface area (Å²) in [5.41, 5.74) is 0.814. The smallest absolute Gasteiger partial charge is 0.162 e. The maximum absolute atomic E-state index is 12.1. The average Bonchev–Trinajstić information content (AvgIpc) is 3.09. The molecule has 1 aromatic carbocycles. The van der Waals surface area contributed by atoms with E-state index < -0.39 is 0 Å². The molecule has 19 heavy (non-hydrogen) atoms. The van der Waals surface area contributed by atoms with E-state index in [0.717, 1.165) is 43.7 Å². The Bertz CT molecular complexity index is 431. The van der Waals surface area contributed by atoms with E-state index in [0.29, 0.717) is 18.4 Å². The molecule has 2 fully saturated rings. The number of hydrogen-bond donors (Lipinski definition) is 1. The number of hydrogen-bond acceptors (Lipinski definition) is 3. The zero-order chi connectivity index (χ0) is 13.1. The first-order valence-electron chi connectivity index (χ1n) is 7.32. The van der Waals surface area contributed by atoms with Crippen molar-refractivity contribution in [3.63, 3.8) is 0 Å². The van der Waals surface area contributed by atoms with Crippen molar-refractivity contribution in [2.75, 3.05) is 13.1 Å². The van der Waals surface area contributed by atoms with Gasteiger partial charge in [-0.2, -0.15) is 0 Å². The van der Waals surface area contributed by atoms with Crippen LogP contribution in [0.3, 0.4) is 0 Å². The van der Waals surface area contributed by atoms with Gasteiger partial charge in [0.25, 0.3) is 0 Å². The lowest BCUT2D eigenvalue weighted by atomic mass is 9.98. The largest absolute Gasteiger partial charge is 0.490 e. The van der Waals surface area contributed by atoms with Crippen LogP contribution in [0.15, 0.2) is 24.3 Å². The molecular weight excluding hydrogens is 238 g/mol. The second kappa shape index (κ2) is 5.74. The molecule has 1 atom stereocenters. The van der Waals surface area contributed by atoms with E-state index in [4.69, 9.17) is 4.74 Å². The van der Waals surface area contributed by atoms with Crippen LogP contribution in [0.1, 0.15) is 42.5 Å². The van der Waals surface area contributed by atoms with Crippen LogP contribution in [0, 0.1) is 5.92 Å². The third kappa shape index (κ3) is 3.57. The molecule has 0 radical (unpaired) electrons. The summed E-state index contributed by atoms with van der Waals surface area (Å²) >= 11 is 0. The van der Waals surface area contributed by atoms with Crippen LogP contribution in [0.2, 0.25) is 0 Å². The molecule has 0 bridgehead atoms. The lowest BCUT2D eigenvalue weighted by Crippen LogP contribution is -2.10. The van der Waals surface area contributed by atoms with Gasteiger partial charge in [0.05, 0.1) is 6.10 Å². The number of ether oxygens (including phenoxy) is 1. The van der Waals surface area contributed by atoms with E-state index >= 15 is 0 Å². The van der Waals surface area contributed by atoms with Gasteiger partial charge in [-0.1, -0.05) is 0 Å². The van der Waals surface area contributed by atoms with E-state index in [-0.39, 0.29) is 5.78 Å². The van der Waals surface area contributed by atoms with Crippen molar-refractivity contribution >= 4 is 5.78 Å². The molecule has 1 aliphatic carbocycles. The van der Waals surface area contributed by atoms with Crippen molar-refractivity contribution in [2.45, 2.75) is 38.2 Å². The Morgan fingerprint density at radius 1 is 1.21 bits per heavy atom. The van der Waals surface area contributed by atoms with Gasteiger partial charge in [-0.15, -0.1) is 0 Å². The molecule has 0 amide bonds. The maximum Gasteiger partial charge on any atom is 0.162 e. The second-order valence-corrected chi connectivity index (χ2v) is 5.66. The van der Waals surface area contributed by atoms with Gasteiger partial charge in [0, 0.05) is 12.0 Å². The van der Waals surface area contributed by atoms with E-state index in [1.54, 1.807) is 0 Å². The third-order valence-electron chi connectivity index (χ3n) is 3.95. The Hall–Kier alpha value is -1.35. The normalized spacial score (nSPS) is 22.4. The fourth-order valence-electron chi connectivity index (χ4n) is 2.54. The van der Waals surface area contributed by atoms with E-state index in [9.17, 15) is 4.79 Å². The fourth-order valence-corrected chi connectivity index (χ4v) is 2.54. The molecular formula is C16H21NO2. The molecule has 1 saturated carbocycles. The minimum atomic E-state index is 0.255. The van der Waals surface area contributed by atoms with E-state index in [2.05, 4.69) is 5.32 Å². The maximum atomic E-state index is 12.1. The summed E-state index contributed by atoms with van der Waals surface area (Å²) in [5.74, 6) is 1.82. The van der Waals surface area contributed by atoms with Crippen LogP contribution >= 0.6 is 0 Å². The molecule has 1 aliphatic heterocycles. The predicted molar refractivity (Wildman–Crippen MR) is 74.6 cm³/mol. The standard InChI is InChI=1S/C16H21NO2/c18-16(8-1-12-9-10-17-11-12)13-2-4-14(5-3-13)19-15-6-7-15/h2-5,12,15,17H,1,6-11H2. The Balaban J connectivity index is 1.50. The molecule has 1 unspecified atom stereocenters. The number of Topliss-reactive ketones (excluding diaryl/α,β-unsaturated/α-hetero) is 1. The van der Waals surface area contributed by atoms with Crippen LogP contribution < -0.4 is 10.1 Å². The first-order chi connectivity index (χ1) is 9.31. The average molecular weight is 259 g/mol. The van der Waals surface area contributed by atoms with Crippen molar-refractivity contribution in [3.05, 3.63) is 29.8 Å². The van der Waals surface area contributed by atoms with Gasteiger partial charge in [0.1, 0.15) is 5.75 Å². The molecule has 2 aliphatic rings. The zero-order valence-corrected chi connectivity index (χ0v) is 11.2. The molecule has 1 aromatic rings. The summed E-state index contributed by atoms with van der Waals surface area (Å²) in [4.78, 5) is 12.1. The van der Waals surface area contributed by atoms with Gasteiger partial charge in [0.15, 0.2) is 5.78 Å². The summed E-state index contributed by atoms with van der Waals surface area (Å²) in [6.45, 7) is 2.17. The van der Waals surface area contributed by atoms with Crippen molar-refractivity contribution in [2.24, 2.45) is 5.92 Å². The minimum absolute atomic E-state index is 0.255. The van der Waals surface area contributed by atoms with Gasteiger partial charge in [0.2, 0.25) is 0 Å². The van der Waals surface area contributed by atoms with Gasteiger partial charge in [-0.25, -0.2) is 0 Å². The highest BCUT2D eigenvalue weighted by Gasteiger charge is 2.23. The van der Waals surface area contributed by atoms with Crippen molar-refractivity contribution in [3.8, 4) is 5.75 Å². The number of carbonyl (C=O) groups excluding carboxylic acids is 1. The number of nitrogens with one attached hydrogen (secondary N) is 1. The summed E-state index contributed by atoms with van der Waals surface area (Å²) in [7, 11) is 0. The molecule has 3 heteroatoms. The monoisotopic (exact) mass is 259 g/mol. The minimum Gasteiger partial charge on any atom is -0.490 e. The second-order valence-electron chi connectivity index (χ2n) is 5.66. The van der Waals surface area contributed by atoms with Crippen LogP contribution in [-0.2, 0) is 0 Å². The molecule has 0 spiro atoms. The highest BCUT2D eigenvalue weighted by atomic mass is 16.5. The lowest BCUT2D eigenvalue weighted by Gasteiger charge is -2.08. The Kier molecular flexibility index (Phi) is 3.83. The summed E-state index contributed by atoms with van der Waals surface area (Å²) in [5, 5.41) is 3.34. The van der Waals surface area contributed by atoms with Gasteiger partial charge in [-0.3, -0.25) is 4.79 Å². The fraction of sp³-hybridized carbons (Fsp3) is 0.562. The van der Waals surface area contributed by atoms with Crippen molar-refractivity contribution in [1.29, 1.82) is 0 Å². The van der Waals surface area contributed by atoms with E-state index in [1.807, 2.05) is 24.3 Å². The van der Waals surface area contributed by atoms with Gasteiger partial charge < -0.3 is 10.1 Å². The molecule has 1 heterocycles. The number of ketones is 1. The van der Waals surface area contributed by atoms with E-state index in [1.165, 1.54) is 6.42 Å². The van der Waals surface area contributed by atoms with Crippen molar-refractivity contribution < 1.29 is 9.53 Å². The van der Waals surface area contributed by atoms with Gasteiger partial charge >= 0.3 is 0 Å². The quantitative estimate of drug-likeness (QED) is 0.798. The molecule has 3 rings (SSSR count). The highest BCUT2D eigenvalue weighted by Crippen LogP contribution is 2.27. The van der Waals surface area contributed by atoms with Gasteiger partial charge in [-0.05, 0) is 69.0 Å². The molecule has 1 N–H and O–H groups in total. The zero-order valence-electron chi connectivity index (χ0n) is 11.2. The molecule has 0 aromatic heterocycles. The SMILES string of the molecule is O=C(CCC1CCNC1)c1ccc(OC2CC2)cc1. The van der Waals surface area contributed by atoms with Crippen LogP contribution in [0.4, 0.5) is 0 Å². The topological polar surface area (TPSA) is 38.3 Å². The van der Waals surface area contributed by atoms with Crippen LogP contribution in [0.25, 0.3) is 0 Å². The Morgan fingerprint density at radius 3 is 2.63 bits per heavy atom. The predicted octanol–water partition coefficient (Wildman–Crippen LogP) is 2.80. The molecule has 3 nitrogen and oxygen atoms in total. The lowest BCUT2D eigenvalue weighted by molar-refractivity contribution is 0.0974. The first-order valence-corrected chi connectivity index (χ1v) is 7.32. The third-order valence-corrected chi connectivity index (χ3v) is 3.95. The Morgan fingerprint density at radius 2 is 2.00 bits per heavy atom. The Labute approximate surface area is 114 Å². The molecule has 102 valence electrons. The first kappa shape index (κ1) is 12.7.